The summed E-state index contributed by atoms with van der Waals surface area (Å²) in [6.07, 6.45) is 2.13. The highest BCUT2D eigenvalue weighted by molar-refractivity contribution is 8.00. The lowest BCUT2D eigenvalue weighted by atomic mass is 10.1. The molecule has 0 bridgehead atoms. The van der Waals surface area contributed by atoms with Gasteiger partial charge in [-0.1, -0.05) is 42.3 Å². The maximum atomic E-state index is 12.6. The number of pyridine rings is 1. The van der Waals surface area contributed by atoms with Gasteiger partial charge in [-0.05, 0) is 55.8 Å². The van der Waals surface area contributed by atoms with E-state index in [2.05, 4.69) is 15.6 Å². The van der Waals surface area contributed by atoms with Crippen molar-refractivity contribution in [3.8, 4) is 0 Å². The molecule has 0 spiro atoms. The third kappa shape index (κ3) is 6.08. The Balaban J connectivity index is 1.65. The first-order valence-corrected chi connectivity index (χ1v) is 10.8. The standard InChI is InChI=1S/C23H22ClN3O2S/c1-3-20(23(29)27-21-12-11-17(24)14-25-21)30-19-6-4-5-18(13-19)26-22(28)16-9-7-15(2)8-10-16/h4-14,20H,3H2,1-2H3,(H,26,28)(H,25,27,29). The Labute approximate surface area is 185 Å². The number of anilines is 2. The maximum Gasteiger partial charge on any atom is 0.255 e. The summed E-state index contributed by atoms with van der Waals surface area (Å²) in [5, 5.41) is 5.93. The first-order valence-electron chi connectivity index (χ1n) is 9.51. The van der Waals surface area contributed by atoms with E-state index in [0.717, 1.165) is 10.5 Å². The molecule has 0 aliphatic heterocycles. The minimum atomic E-state index is -0.300. The summed E-state index contributed by atoms with van der Waals surface area (Å²) in [5.41, 5.74) is 2.38. The van der Waals surface area contributed by atoms with Gasteiger partial charge in [0.1, 0.15) is 5.82 Å². The van der Waals surface area contributed by atoms with E-state index in [1.54, 1.807) is 24.3 Å². The Bertz CT molecular complexity index is 1020. The molecule has 0 aliphatic carbocycles. The summed E-state index contributed by atoms with van der Waals surface area (Å²) in [6, 6.07) is 18.2. The summed E-state index contributed by atoms with van der Waals surface area (Å²) >= 11 is 7.27. The predicted molar refractivity (Wildman–Crippen MR) is 123 cm³/mol. The number of carbonyl (C=O) groups excluding carboxylic acids is 2. The molecule has 30 heavy (non-hydrogen) atoms. The minimum Gasteiger partial charge on any atom is -0.322 e. The molecular weight excluding hydrogens is 418 g/mol. The van der Waals surface area contributed by atoms with Crippen LogP contribution in [0.15, 0.2) is 71.8 Å². The van der Waals surface area contributed by atoms with E-state index in [0.29, 0.717) is 28.5 Å². The number of amides is 2. The van der Waals surface area contributed by atoms with Crippen LogP contribution in [0.2, 0.25) is 5.02 Å². The van der Waals surface area contributed by atoms with Crippen molar-refractivity contribution >= 4 is 46.7 Å². The predicted octanol–water partition coefficient (Wildman–Crippen LogP) is 5.81. The number of aryl methyl sites for hydroxylation is 1. The van der Waals surface area contributed by atoms with E-state index >= 15 is 0 Å². The summed E-state index contributed by atoms with van der Waals surface area (Å²) in [4.78, 5) is 30.1. The first-order chi connectivity index (χ1) is 14.4. The zero-order chi connectivity index (χ0) is 21.5. The fraction of sp³-hybridized carbons (Fsp3) is 0.174. The number of halogens is 1. The van der Waals surface area contributed by atoms with E-state index in [4.69, 9.17) is 11.6 Å². The quantitative estimate of drug-likeness (QED) is 0.456. The largest absolute Gasteiger partial charge is 0.322 e. The van der Waals surface area contributed by atoms with Gasteiger partial charge in [-0.25, -0.2) is 4.98 Å². The number of benzene rings is 2. The van der Waals surface area contributed by atoms with Crippen LogP contribution in [0.1, 0.15) is 29.3 Å². The second kappa shape index (κ2) is 10.3. The van der Waals surface area contributed by atoms with Gasteiger partial charge in [-0.2, -0.15) is 0 Å². The highest BCUT2D eigenvalue weighted by Gasteiger charge is 2.19. The van der Waals surface area contributed by atoms with Crippen LogP contribution >= 0.6 is 23.4 Å². The van der Waals surface area contributed by atoms with Crippen molar-refractivity contribution in [1.29, 1.82) is 0 Å². The Hall–Kier alpha value is -2.83. The number of hydrogen-bond acceptors (Lipinski definition) is 4. The molecule has 0 aliphatic rings. The molecule has 1 atom stereocenters. The number of thioether (sulfide) groups is 1. The first kappa shape index (κ1) is 21.9. The van der Waals surface area contributed by atoms with Gasteiger partial charge < -0.3 is 10.6 Å². The van der Waals surface area contributed by atoms with Crippen molar-refractivity contribution in [3.63, 3.8) is 0 Å². The molecule has 3 aromatic rings. The highest BCUT2D eigenvalue weighted by Crippen LogP contribution is 2.28. The lowest BCUT2D eigenvalue weighted by Gasteiger charge is -2.15. The molecule has 0 saturated carbocycles. The SMILES string of the molecule is CCC(Sc1cccc(NC(=O)c2ccc(C)cc2)c1)C(=O)Nc1ccc(Cl)cn1. The highest BCUT2D eigenvalue weighted by atomic mass is 35.5. The molecule has 1 heterocycles. The molecule has 3 rings (SSSR count). The number of aromatic nitrogens is 1. The van der Waals surface area contributed by atoms with Crippen LogP contribution in [-0.4, -0.2) is 22.0 Å². The fourth-order valence-corrected chi connectivity index (χ4v) is 3.82. The van der Waals surface area contributed by atoms with Crippen molar-refractivity contribution in [2.75, 3.05) is 10.6 Å². The van der Waals surface area contributed by atoms with Crippen molar-refractivity contribution in [2.45, 2.75) is 30.4 Å². The Morgan fingerprint density at radius 2 is 1.83 bits per heavy atom. The molecule has 2 N–H and O–H groups in total. The van der Waals surface area contributed by atoms with Gasteiger partial charge in [0, 0.05) is 22.3 Å². The van der Waals surface area contributed by atoms with Crippen molar-refractivity contribution in [3.05, 3.63) is 83.0 Å². The average Bonchev–Trinajstić information content (AvgIpc) is 2.74. The van der Waals surface area contributed by atoms with Crippen LogP contribution in [0.25, 0.3) is 0 Å². The van der Waals surface area contributed by atoms with Gasteiger partial charge in [0.25, 0.3) is 5.91 Å². The summed E-state index contributed by atoms with van der Waals surface area (Å²) in [6.45, 7) is 3.93. The van der Waals surface area contributed by atoms with E-state index in [-0.39, 0.29) is 17.1 Å². The average molecular weight is 440 g/mol. The zero-order valence-corrected chi connectivity index (χ0v) is 18.3. The number of nitrogens with one attached hydrogen (secondary N) is 2. The topological polar surface area (TPSA) is 71.1 Å². The van der Waals surface area contributed by atoms with Crippen LogP contribution < -0.4 is 10.6 Å². The molecule has 0 fully saturated rings. The lowest BCUT2D eigenvalue weighted by Crippen LogP contribution is -2.25. The molecule has 2 amide bonds. The number of rotatable bonds is 7. The van der Waals surface area contributed by atoms with E-state index in [9.17, 15) is 9.59 Å². The fourth-order valence-electron chi connectivity index (χ4n) is 2.70. The van der Waals surface area contributed by atoms with Crippen molar-refractivity contribution in [1.82, 2.24) is 4.98 Å². The van der Waals surface area contributed by atoms with Crippen LogP contribution in [0, 0.1) is 6.92 Å². The Kier molecular flexibility index (Phi) is 7.49. The van der Waals surface area contributed by atoms with Crippen molar-refractivity contribution in [2.24, 2.45) is 0 Å². The molecule has 0 saturated heterocycles. The van der Waals surface area contributed by atoms with E-state index < -0.39 is 0 Å². The van der Waals surface area contributed by atoms with E-state index in [1.807, 2.05) is 50.2 Å². The third-order valence-corrected chi connectivity index (χ3v) is 5.91. The molecule has 7 heteroatoms. The van der Waals surface area contributed by atoms with Crippen LogP contribution in [-0.2, 0) is 4.79 Å². The molecule has 1 aromatic heterocycles. The van der Waals surface area contributed by atoms with E-state index in [1.165, 1.54) is 18.0 Å². The smallest absolute Gasteiger partial charge is 0.255 e. The molecule has 5 nitrogen and oxygen atoms in total. The Morgan fingerprint density at radius 3 is 2.50 bits per heavy atom. The third-order valence-electron chi connectivity index (χ3n) is 4.33. The van der Waals surface area contributed by atoms with Gasteiger partial charge >= 0.3 is 0 Å². The normalized spacial score (nSPS) is 11.6. The van der Waals surface area contributed by atoms with Gasteiger partial charge in [0.2, 0.25) is 5.91 Å². The van der Waals surface area contributed by atoms with Gasteiger partial charge in [-0.3, -0.25) is 9.59 Å². The monoisotopic (exact) mass is 439 g/mol. The van der Waals surface area contributed by atoms with Crippen LogP contribution in [0.3, 0.4) is 0 Å². The second-order valence-corrected chi connectivity index (χ2v) is 8.43. The lowest BCUT2D eigenvalue weighted by molar-refractivity contribution is -0.115. The molecule has 1 unspecified atom stereocenters. The molecule has 154 valence electrons. The van der Waals surface area contributed by atoms with Gasteiger partial charge in [0.15, 0.2) is 0 Å². The minimum absolute atomic E-state index is 0.133. The molecular formula is C23H22ClN3O2S. The van der Waals surface area contributed by atoms with Gasteiger partial charge in [-0.15, -0.1) is 11.8 Å². The van der Waals surface area contributed by atoms with Crippen LogP contribution in [0.4, 0.5) is 11.5 Å². The number of hydrogen-bond donors (Lipinski definition) is 2. The molecule has 2 aromatic carbocycles. The summed E-state index contributed by atoms with van der Waals surface area (Å²) in [7, 11) is 0. The van der Waals surface area contributed by atoms with Gasteiger partial charge in [0.05, 0.1) is 10.3 Å². The van der Waals surface area contributed by atoms with Crippen molar-refractivity contribution < 1.29 is 9.59 Å². The second-order valence-electron chi connectivity index (χ2n) is 6.71. The summed E-state index contributed by atoms with van der Waals surface area (Å²) in [5.74, 6) is 0.157. The van der Waals surface area contributed by atoms with Crippen LogP contribution in [0.5, 0.6) is 0 Å². The maximum absolute atomic E-state index is 12.6. The Morgan fingerprint density at radius 1 is 1.07 bits per heavy atom. The molecule has 0 radical (unpaired) electrons. The summed E-state index contributed by atoms with van der Waals surface area (Å²) < 4.78 is 0. The number of nitrogens with zero attached hydrogens (tertiary/aromatic N) is 1. The number of carbonyl (C=O) groups is 2. The zero-order valence-electron chi connectivity index (χ0n) is 16.7.